The topological polar surface area (TPSA) is 73.0 Å². The van der Waals surface area contributed by atoms with Gasteiger partial charge < -0.3 is 14.6 Å². The van der Waals surface area contributed by atoms with Gasteiger partial charge in [0, 0.05) is 17.4 Å². The first-order valence-corrected chi connectivity index (χ1v) is 13.3. The summed E-state index contributed by atoms with van der Waals surface area (Å²) in [6.45, 7) is 0.681. The minimum atomic E-state index is -0.246. The molecule has 5 aromatic rings. The van der Waals surface area contributed by atoms with E-state index in [0.29, 0.717) is 17.2 Å². The van der Waals surface area contributed by atoms with Gasteiger partial charge in [0.2, 0.25) is 5.88 Å². The molecule has 6 nitrogen and oxygen atoms in total. The van der Waals surface area contributed by atoms with Gasteiger partial charge in [0.1, 0.15) is 23.9 Å². The van der Waals surface area contributed by atoms with Crippen LogP contribution in [0, 0.1) is 0 Å². The number of aliphatic imine (C=N–C) groups is 1. The van der Waals surface area contributed by atoms with E-state index in [2.05, 4.69) is 4.99 Å². The number of aromatic nitrogens is 1. The van der Waals surface area contributed by atoms with E-state index in [1.165, 1.54) is 4.57 Å². The second-order valence-electron chi connectivity index (χ2n) is 9.02. The van der Waals surface area contributed by atoms with E-state index >= 15 is 0 Å². The Morgan fingerprint density at radius 1 is 0.821 bits per heavy atom. The van der Waals surface area contributed by atoms with Crippen LogP contribution in [0.1, 0.15) is 21.6 Å². The molecule has 1 N–H and O–H groups in total. The number of fused-ring (bicyclic) bond motifs is 1. The molecule has 0 bridgehead atoms. The molecule has 192 valence electrons. The van der Waals surface area contributed by atoms with Crippen molar-refractivity contribution in [2.45, 2.75) is 13.2 Å². The highest BCUT2D eigenvalue weighted by Crippen LogP contribution is 2.37. The fourth-order valence-electron chi connectivity index (χ4n) is 4.32. The molecular formula is C32H24N2O4S. The lowest BCUT2D eigenvalue weighted by molar-refractivity contribution is 0.306. The maximum Gasteiger partial charge on any atom is 0.310 e. The van der Waals surface area contributed by atoms with Crippen LogP contribution in [0.3, 0.4) is 0 Å². The number of aromatic hydroxyl groups is 1. The second kappa shape index (κ2) is 10.8. The van der Waals surface area contributed by atoms with Crippen LogP contribution in [0.15, 0.2) is 113 Å². The van der Waals surface area contributed by atoms with E-state index in [1.807, 2.05) is 103 Å². The standard InChI is InChI=1S/C32H24N2O4S/c35-31-30(17-24-19-33-29-15-14-26(18-28(24)29)37-21-22-8-3-1-4-9-22)39-32(36)34(31)20-23-10-7-13-27(16-23)38-25-11-5-2-6-12-25/h1-19,35H,20-21H2. The number of nitrogens with zero attached hydrogens (tertiary/aromatic N) is 2. The number of rotatable bonds is 8. The molecule has 1 aromatic heterocycles. The number of hydrogen-bond donors (Lipinski definition) is 1. The normalized spacial score (nSPS) is 13.0. The Bertz CT molecular complexity index is 1740. The fourth-order valence-corrected chi connectivity index (χ4v) is 5.15. The third-order valence-electron chi connectivity index (χ3n) is 6.27. The van der Waals surface area contributed by atoms with Crippen molar-refractivity contribution in [3.05, 3.63) is 134 Å². The molecule has 0 fully saturated rings. The quantitative estimate of drug-likeness (QED) is 0.228. The number of ether oxygens (including phenoxy) is 2. The predicted octanol–water partition coefficient (Wildman–Crippen LogP) is 7.29. The summed E-state index contributed by atoms with van der Waals surface area (Å²) < 4.78 is 13.3. The monoisotopic (exact) mass is 532 g/mol. The van der Waals surface area contributed by atoms with Gasteiger partial charge in [-0.15, -0.1) is 0 Å². The van der Waals surface area contributed by atoms with Gasteiger partial charge in [0.05, 0.1) is 17.1 Å². The molecule has 0 saturated heterocycles. The molecule has 0 atom stereocenters. The van der Waals surface area contributed by atoms with Crippen molar-refractivity contribution in [1.82, 2.24) is 4.57 Å². The van der Waals surface area contributed by atoms with E-state index in [0.717, 1.165) is 50.8 Å². The van der Waals surface area contributed by atoms with Gasteiger partial charge in [-0.1, -0.05) is 72.0 Å². The summed E-state index contributed by atoms with van der Waals surface area (Å²) in [6.07, 6.45) is 3.53. The zero-order chi connectivity index (χ0) is 26.6. The van der Waals surface area contributed by atoms with E-state index in [-0.39, 0.29) is 17.3 Å². The molecular weight excluding hydrogens is 508 g/mol. The van der Waals surface area contributed by atoms with Crippen LogP contribution in [0.4, 0.5) is 5.69 Å². The molecule has 0 spiro atoms. The molecule has 1 aliphatic rings. The summed E-state index contributed by atoms with van der Waals surface area (Å²) in [5.74, 6) is 2.03. The van der Waals surface area contributed by atoms with Crippen molar-refractivity contribution in [3.8, 4) is 23.1 Å². The average Bonchev–Trinajstić information content (AvgIpc) is 3.48. The molecule has 2 heterocycles. The maximum absolute atomic E-state index is 12.8. The van der Waals surface area contributed by atoms with Gasteiger partial charge in [-0.05, 0) is 59.7 Å². The summed E-state index contributed by atoms with van der Waals surface area (Å²) in [7, 11) is 0. The van der Waals surface area contributed by atoms with Crippen LogP contribution in [0.2, 0.25) is 0 Å². The van der Waals surface area contributed by atoms with E-state index in [1.54, 1.807) is 12.3 Å². The number of thiazole rings is 1. The van der Waals surface area contributed by atoms with Crippen LogP contribution in [-0.2, 0) is 13.2 Å². The molecule has 0 radical (unpaired) electrons. The molecule has 6 rings (SSSR count). The summed E-state index contributed by atoms with van der Waals surface area (Å²) >= 11 is 0.997. The van der Waals surface area contributed by atoms with Crippen LogP contribution in [-0.4, -0.2) is 15.9 Å². The lowest BCUT2D eigenvalue weighted by Crippen LogP contribution is -2.13. The zero-order valence-corrected chi connectivity index (χ0v) is 21.7. The number of allylic oxidation sites excluding steroid dienone is 1. The second-order valence-corrected chi connectivity index (χ2v) is 10.0. The largest absolute Gasteiger partial charge is 0.493 e. The van der Waals surface area contributed by atoms with Gasteiger partial charge >= 0.3 is 4.87 Å². The van der Waals surface area contributed by atoms with Crippen molar-refractivity contribution >= 4 is 34.9 Å². The Balaban J connectivity index is 1.21. The molecule has 0 unspecified atom stereocenters. The first-order valence-electron chi connectivity index (χ1n) is 12.4. The molecule has 1 aliphatic heterocycles. The van der Waals surface area contributed by atoms with E-state index in [4.69, 9.17) is 9.47 Å². The lowest BCUT2D eigenvalue weighted by Gasteiger charge is -2.09. The molecule has 0 saturated carbocycles. The number of hydrogen-bond acceptors (Lipinski definition) is 6. The smallest absolute Gasteiger partial charge is 0.310 e. The predicted molar refractivity (Wildman–Crippen MR) is 156 cm³/mol. The Morgan fingerprint density at radius 2 is 1.56 bits per heavy atom. The summed E-state index contributed by atoms with van der Waals surface area (Å²) in [5.41, 5.74) is 4.43. The van der Waals surface area contributed by atoms with Crippen molar-refractivity contribution < 1.29 is 14.6 Å². The van der Waals surface area contributed by atoms with Gasteiger partial charge in [0.15, 0.2) is 0 Å². The summed E-state index contributed by atoms with van der Waals surface area (Å²) in [5, 5.41) is 11.0. The van der Waals surface area contributed by atoms with E-state index in [9.17, 15) is 9.90 Å². The van der Waals surface area contributed by atoms with Crippen LogP contribution >= 0.6 is 11.3 Å². The van der Waals surface area contributed by atoms with Crippen LogP contribution < -0.4 is 14.3 Å². The lowest BCUT2D eigenvalue weighted by atomic mass is 10.1. The Kier molecular flexibility index (Phi) is 6.80. The van der Waals surface area contributed by atoms with Gasteiger partial charge in [-0.3, -0.25) is 14.4 Å². The highest BCUT2D eigenvalue weighted by molar-refractivity contribution is 7.10. The average molecular weight is 533 g/mol. The Morgan fingerprint density at radius 3 is 2.38 bits per heavy atom. The minimum Gasteiger partial charge on any atom is -0.493 e. The fraction of sp³-hybridized carbons (Fsp3) is 0.0625. The Hall–Kier alpha value is -4.88. The van der Waals surface area contributed by atoms with Crippen LogP contribution in [0.25, 0.3) is 11.6 Å². The zero-order valence-electron chi connectivity index (χ0n) is 20.9. The third-order valence-corrected chi connectivity index (χ3v) is 7.18. The van der Waals surface area contributed by atoms with E-state index < -0.39 is 0 Å². The van der Waals surface area contributed by atoms with Crippen molar-refractivity contribution in [1.29, 1.82) is 0 Å². The van der Waals surface area contributed by atoms with Gasteiger partial charge in [-0.25, -0.2) is 0 Å². The van der Waals surface area contributed by atoms with Crippen molar-refractivity contribution in [3.63, 3.8) is 0 Å². The van der Waals surface area contributed by atoms with Crippen LogP contribution in [0.5, 0.6) is 23.1 Å². The molecule has 7 heteroatoms. The highest BCUT2D eigenvalue weighted by atomic mass is 32.1. The first-order chi connectivity index (χ1) is 19.1. The van der Waals surface area contributed by atoms with Crippen molar-refractivity contribution in [2.24, 2.45) is 4.99 Å². The SMILES string of the molecule is O=c1sc(C=C2C=Nc3ccc(OCc4ccccc4)cc32)c(O)n1Cc1cccc(Oc2ccccc2)c1. The third kappa shape index (κ3) is 5.54. The summed E-state index contributed by atoms with van der Waals surface area (Å²) in [4.78, 5) is 17.6. The molecule has 4 aromatic carbocycles. The van der Waals surface area contributed by atoms with Crippen molar-refractivity contribution in [2.75, 3.05) is 0 Å². The number of para-hydroxylation sites is 1. The Labute approximate surface area is 229 Å². The first kappa shape index (κ1) is 24.5. The molecule has 39 heavy (non-hydrogen) atoms. The van der Waals surface area contributed by atoms with Gasteiger partial charge in [0.25, 0.3) is 0 Å². The maximum atomic E-state index is 12.8. The highest BCUT2D eigenvalue weighted by Gasteiger charge is 2.18. The van der Waals surface area contributed by atoms with Gasteiger partial charge in [-0.2, -0.15) is 0 Å². The molecule has 0 aliphatic carbocycles. The number of benzene rings is 4. The minimum absolute atomic E-state index is 0.0785. The summed E-state index contributed by atoms with van der Waals surface area (Å²) in [6, 6.07) is 32.7. The molecule has 0 amide bonds.